The highest BCUT2D eigenvalue weighted by Gasteiger charge is 2.35. The Morgan fingerprint density at radius 2 is 1.62 bits per heavy atom. The van der Waals surface area contributed by atoms with Crippen molar-refractivity contribution in [1.82, 2.24) is 0 Å². The monoisotopic (exact) mass is 212 g/mol. The minimum Gasteiger partial charge on any atom is -0.504 e. The average Bonchev–Trinajstić information content (AvgIpc) is 1.98. The zero-order chi connectivity index (χ0) is 10.2. The molecule has 0 aliphatic carbocycles. The fraction of sp³-hybridized carbons (Fsp3) is 0.143. The van der Waals surface area contributed by atoms with Crippen LogP contribution in [0.5, 0.6) is 11.5 Å². The number of phenols is 2. The van der Waals surface area contributed by atoms with Crippen molar-refractivity contribution in [2.24, 2.45) is 0 Å². The van der Waals surface area contributed by atoms with Crippen molar-refractivity contribution in [3.8, 4) is 11.5 Å². The molecule has 0 fully saturated rings. The second-order valence-corrected chi connectivity index (χ2v) is 2.70. The normalized spacial score (nSPS) is 11.7. The van der Waals surface area contributed by atoms with Gasteiger partial charge < -0.3 is 10.2 Å². The molecule has 0 aliphatic rings. The molecule has 0 aliphatic heterocycles. The average molecular weight is 213 g/mol. The Morgan fingerprint density at radius 1 is 1.08 bits per heavy atom. The van der Waals surface area contributed by atoms with Gasteiger partial charge in [0.05, 0.1) is 5.02 Å². The Kier molecular flexibility index (Phi) is 2.30. The molecule has 13 heavy (non-hydrogen) atoms. The van der Waals surface area contributed by atoms with Gasteiger partial charge in [-0.1, -0.05) is 11.6 Å². The van der Waals surface area contributed by atoms with E-state index >= 15 is 0 Å². The summed E-state index contributed by atoms with van der Waals surface area (Å²) >= 11 is 5.26. The first kappa shape index (κ1) is 9.98. The molecule has 1 aromatic rings. The fourth-order valence-corrected chi connectivity index (χ4v) is 0.936. The first-order valence-corrected chi connectivity index (χ1v) is 3.49. The molecule has 72 valence electrons. The smallest absolute Gasteiger partial charge is 0.420 e. The van der Waals surface area contributed by atoms with E-state index in [-0.39, 0.29) is 5.02 Å². The van der Waals surface area contributed by atoms with E-state index in [4.69, 9.17) is 21.8 Å². The van der Waals surface area contributed by atoms with Gasteiger partial charge in [0, 0.05) is 0 Å². The van der Waals surface area contributed by atoms with Gasteiger partial charge in [0.25, 0.3) is 0 Å². The van der Waals surface area contributed by atoms with Gasteiger partial charge in [-0.15, -0.1) is 0 Å². The van der Waals surface area contributed by atoms with E-state index in [0.29, 0.717) is 6.07 Å². The first-order valence-electron chi connectivity index (χ1n) is 3.11. The van der Waals surface area contributed by atoms with Crippen molar-refractivity contribution < 1.29 is 23.4 Å². The molecule has 0 spiro atoms. The minimum absolute atomic E-state index is 0.328. The van der Waals surface area contributed by atoms with Gasteiger partial charge in [0.1, 0.15) is 5.56 Å². The van der Waals surface area contributed by atoms with Crippen LogP contribution in [0.4, 0.5) is 13.2 Å². The van der Waals surface area contributed by atoms with Crippen molar-refractivity contribution in [3.05, 3.63) is 22.7 Å². The van der Waals surface area contributed by atoms with E-state index in [1.807, 2.05) is 0 Å². The van der Waals surface area contributed by atoms with Crippen molar-refractivity contribution >= 4 is 11.6 Å². The molecule has 2 N–H and O–H groups in total. The number of benzene rings is 1. The summed E-state index contributed by atoms with van der Waals surface area (Å²) in [5.41, 5.74) is -1.31. The predicted molar refractivity (Wildman–Crippen MR) is 39.8 cm³/mol. The second-order valence-electron chi connectivity index (χ2n) is 2.29. The molecule has 2 nitrogen and oxygen atoms in total. The van der Waals surface area contributed by atoms with Crippen molar-refractivity contribution in [3.63, 3.8) is 0 Å². The number of hydrogen-bond acceptors (Lipinski definition) is 2. The van der Waals surface area contributed by atoms with Gasteiger partial charge in [-0.05, 0) is 12.1 Å². The number of aromatic hydroxyl groups is 2. The number of alkyl halides is 3. The van der Waals surface area contributed by atoms with Crippen LogP contribution in [-0.2, 0) is 6.18 Å². The summed E-state index contributed by atoms with van der Waals surface area (Å²) in [6.07, 6.45) is -4.70. The van der Waals surface area contributed by atoms with Crippen LogP contribution in [-0.4, -0.2) is 10.2 Å². The van der Waals surface area contributed by atoms with E-state index in [0.717, 1.165) is 6.07 Å². The summed E-state index contributed by atoms with van der Waals surface area (Å²) < 4.78 is 36.1. The molecule has 1 aromatic carbocycles. The molecule has 0 unspecified atom stereocenters. The zero-order valence-corrected chi connectivity index (χ0v) is 6.82. The van der Waals surface area contributed by atoms with E-state index in [2.05, 4.69) is 0 Å². The second kappa shape index (κ2) is 2.99. The third-order valence-electron chi connectivity index (χ3n) is 1.41. The van der Waals surface area contributed by atoms with E-state index in [1.54, 1.807) is 0 Å². The van der Waals surface area contributed by atoms with Crippen LogP contribution >= 0.6 is 11.6 Å². The van der Waals surface area contributed by atoms with Crippen LogP contribution in [0.2, 0.25) is 5.02 Å². The maximum Gasteiger partial charge on any atom is 0.420 e. The topological polar surface area (TPSA) is 40.5 Å². The Hall–Kier alpha value is -1.10. The molecular formula is C7H4ClF3O2. The predicted octanol–water partition coefficient (Wildman–Crippen LogP) is 2.77. The maximum absolute atomic E-state index is 12.0. The van der Waals surface area contributed by atoms with Crippen LogP contribution in [0.25, 0.3) is 0 Å². The summed E-state index contributed by atoms with van der Waals surface area (Å²) in [5, 5.41) is 17.4. The number of phenolic OH excluding ortho intramolecular Hbond substituents is 2. The molecule has 0 bridgehead atoms. The van der Waals surface area contributed by atoms with Crippen LogP contribution in [0.1, 0.15) is 5.56 Å². The lowest BCUT2D eigenvalue weighted by Crippen LogP contribution is -2.04. The van der Waals surface area contributed by atoms with Gasteiger partial charge in [-0.3, -0.25) is 0 Å². The Morgan fingerprint density at radius 3 is 2.08 bits per heavy atom. The quantitative estimate of drug-likeness (QED) is 0.649. The number of rotatable bonds is 0. The third kappa shape index (κ3) is 1.80. The Labute approximate surface area is 76.2 Å². The van der Waals surface area contributed by atoms with Crippen molar-refractivity contribution in [2.45, 2.75) is 6.18 Å². The SMILES string of the molecule is Oc1c(Cl)ccc(C(F)(F)F)c1O. The van der Waals surface area contributed by atoms with E-state index < -0.39 is 23.2 Å². The largest absolute Gasteiger partial charge is 0.504 e. The van der Waals surface area contributed by atoms with Crippen molar-refractivity contribution in [2.75, 3.05) is 0 Å². The van der Waals surface area contributed by atoms with E-state index in [1.165, 1.54) is 0 Å². The molecule has 0 radical (unpaired) electrons. The molecule has 0 amide bonds. The summed E-state index contributed by atoms with van der Waals surface area (Å²) in [4.78, 5) is 0. The molecule has 6 heteroatoms. The number of hydrogen-bond donors (Lipinski definition) is 2. The van der Waals surface area contributed by atoms with Crippen LogP contribution in [0, 0.1) is 0 Å². The first-order chi connectivity index (χ1) is 5.84. The summed E-state index contributed by atoms with van der Waals surface area (Å²) in [6, 6.07) is 1.46. The molecule has 1 rings (SSSR count). The Bertz CT molecular complexity index is 335. The lowest BCUT2D eigenvalue weighted by Gasteiger charge is -2.09. The van der Waals surface area contributed by atoms with Gasteiger partial charge in [-0.25, -0.2) is 0 Å². The third-order valence-corrected chi connectivity index (χ3v) is 1.71. The fourth-order valence-electron chi connectivity index (χ4n) is 0.784. The zero-order valence-electron chi connectivity index (χ0n) is 6.06. The summed E-state index contributed by atoms with van der Waals surface area (Å²) in [5.74, 6) is -2.21. The van der Waals surface area contributed by atoms with Crippen LogP contribution in [0.3, 0.4) is 0 Å². The lowest BCUT2D eigenvalue weighted by molar-refractivity contribution is -0.138. The molecular weight excluding hydrogens is 209 g/mol. The van der Waals surface area contributed by atoms with Crippen LogP contribution < -0.4 is 0 Å². The van der Waals surface area contributed by atoms with Gasteiger partial charge in [-0.2, -0.15) is 13.2 Å². The molecule has 0 atom stereocenters. The van der Waals surface area contributed by atoms with Gasteiger partial charge >= 0.3 is 6.18 Å². The lowest BCUT2D eigenvalue weighted by atomic mass is 10.2. The molecule has 0 saturated heterocycles. The van der Waals surface area contributed by atoms with Crippen molar-refractivity contribution in [1.29, 1.82) is 0 Å². The van der Waals surface area contributed by atoms with Gasteiger partial charge in [0.2, 0.25) is 0 Å². The molecule has 0 heterocycles. The Balaban J connectivity index is 3.35. The highest BCUT2D eigenvalue weighted by molar-refractivity contribution is 6.32. The van der Waals surface area contributed by atoms with Crippen LogP contribution in [0.15, 0.2) is 12.1 Å². The number of halogens is 4. The molecule has 0 saturated carbocycles. The maximum atomic E-state index is 12.0. The summed E-state index contributed by atoms with van der Waals surface area (Å²) in [6.45, 7) is 0. The minimum atomic E-state index is -4.70. The summed E-state index contributed by atoms with van der Waals surface area (Å²) in [7, 11) is 0. The highest BCUT2D eigenvalue weighted by atomic mass is 35.5. The van der Waals surface area contributed by atoms with E-state index in [9.17, 15) is 13.2 Å². The standard InChI is InChI=1S/C7H4ClF3O2/c8-4-2-1-3(7(9,10)11)5(12)6(4)13/h1-2,12-13H. The molecule has 0 aromatic heterocycles. The highest BCUT2D eigenvalue weighted by Crippen LogP contribution is 2.43. The van der Waals surface area contributed by atoms with Gasteiger partial charge in [0.15, 0.2) is 11.5 Å².